The maximum absolute atomic E-state index is 12.9. The van der Waals surface area contributed by atoms with Gasteiger partial charge in [-0.25, -0.2) is 0 Å². The van der Waals surface area contributed by atoms with Crippen molar-refractivity contribution in [1.82, 2.24) is 14.6 Å². The molecule has 8 nitrogen and oxygen atoms in total. The Kier molecular flexibility index (Phi) is 5.24. The van der Waals surface area contributed by atoms with E-state index in [1.165, 1.54) is 15.9 Å². The van der Waals surface area contributed by atoms with Crippen LogP contribution < -0.4 is 29.0 Å². The SMILES string of the molecule is C=CCOc1ccc(/C=c2\sc3nc([C@@H]4COc5ccccc5O4)nn3c2=O)cc1OC. The topological polar surface area (TPSA) is 84.2 Å². The van der Waals surface area contributed by atoms with Crippen LogP contribution in [-0.4, -0.2) is 34.9 Å². The molecule has 1 atom stereocenters. The van der Waals surface area contributed by atoms with E-state index in [0.717, 1.165) is 5.56 Å². The fourth-order valence-corrected chi connectivity index (χ4v) is 4.24. The van der Waals surface area contributed by atoms with Crippen molar-refractivity contribution in [2.24, 2.45) is 0 Å². The van der Waals surface area contributed by atoms with Crippen LogP contribution in [0.4, 0.5) is 0 Å². The average molecular weight is 449 g/mol. The van der Waals surface area contributed by atoms with Crippen LogP contribution >= 0.6 is 11.3 Å². The molecule has 0 N–H and O–H groups in total. The number of methoxy groups -OCH3 is 1. The summed E-state index contributed by atoms with van der Waals surface area (Å²) in [5.41, 5.74) is 0.557. The molecule has 0 aliphatic carbocycles. The number of thiazole rings is 1. The molecular weight excluding hydrogens is 430 g/mol. The Bertz CT molecular complexity index is 1410. The van der Waals surface area contributed by atoms with Gasteiger partial charge in [0.1, 0.15) is 13.2 Å². The summed E-state index contributed by atoms with van der Waals surface area (Å²) in [5.74, 6) is 2.91. The van der Waals surface area contributed by atoms with Crippen LogP contribution in [0.3, 0.4) is 0 Å². The summed E-state index contributed by atoms with van der Waals surface area (Å²) in [4.78, 5) is 17.9. The molecule has 0 spiro atoms. The fourth-order valence-electron chi connectivity index (χ4n) is 3.33. The lowest BCUT2D eigenvalue weighted by Gasteiger charge is -2.24. The Morgan fingerprint density at radius 2 is 2.09 bits per heavy atom. The first-order chi connectivity index (χ1) is 15.7. The van der Waals surface area contributed by atoms with Gasteiger partial charge in [-0.05, 0) is 35.9 Å². The lowest BCUT2D eigenvalue weighted by molar-refractivity contribution is 0.0852. The van der Waals surface area contributed by atoms with Crippen molar-refractivity contribution < 1.29 is 18.9 Å². The second-order valence-corrected chi connectivity index (χ2v) is 7.96. The summed E-state index contributed by atoms with van der Waals surface area (Å²) in [6.07, 6.45) is 2.96. The van der Waals surface area contributed by atoms with Gasteiger partial charge >= 0.3 is 0 Å². The highest BCUT2D eigenvalue weighted by Gasteiger charge is 2.27. The van der Waals surface area contributed by atoms with E-state index < -0.39 is 6.10 Å². The second kappa shape index (κ2) is 8.35. The van der Waals surface area contributed by atoms with Crippen molar-refractivity contribution in [3.8, 4) is 23.0 Å². The number of ether oxygens (including phenoxy) is 4. The van der Waals surface area contributed by atoms with E-state index >= 15 is 0 Å². The lowest BCUT2D eigenvalue weighted by Crippen LogP contribution is -2.26. The Balaban J connectivity index is 1.44. The quantitative estimate of drug-likeness (QED) is 0.419. The van der Waals surface area contributed by atoms with E-state index in [1.54, 1.807) is 25.3 Å². The fraction of sp³-hybridized carbons (Fsp3) is 0.174. The highest BCUT2D eigenvalue weighted by Crippen LogP contribution is 2.35. The van der Waals surface area contributed by atoms with Gasteiger partial charge in [0.05, 0.1) is 11.6 Å². The molecule has 0 radical (unpaired) electrons. The summed E-state index contributed by atoms with van der Waals surface area (Å²) in [5, 5.41) is 4.38. The molecule has 1 aliphatic heterocycles. The molecule has 1 aliphatic rings. The molecule has 0 bridgehead atoms. The predicted molar refractivity (Wildman–Crippen MR) is 120 cm³/mol. The molecule has 162 valence electrons. The Morgan fingerprint density at radius 1 is 1.25 bits per heavy atom. The van der Waals surface area contributed by atoms with Crippen LogP contribution in [0, 0.1) is 0 Å². The Morgan fingerprint density at radius 3 is 2.88 bits per heavy atom. The molecule has 0 saturated heterocycles. The van der Waals surface area contributed by atoms with Crippen LogP contribution in [0.25, 0.3) is 11.0 Å². The van der Waals surface area contributed by atoms with Crippen molar-refractivity contribution in [1.29, 1.82) is 0 Å². The molecule has 2 aromatic carbocycles. The van der Waals surface area contributed by atoms with Gasteiger partial charge in [0.2, 0.25) is 4.96 Å². The van der Waals surface area contributed by atoms with Crippen LogP contribution in [-0.2, 0) is 0 Å². The maximum atomic E-state index is 12.9. The highest BCUT2D eigenvalue weighted by atomic mass is 32.1. The largest absolute Gasteiger partial charge is 0.493 e. The van der Waals surface area contributed by atoms with Gasteiger partial charge in [-0.2, -0.15) is 9.50 Å². The third-order valence-electron chi connectivity index (χ3n) is 4.84. The summed E-state index contributed by atoms with van der Waals surface area (Å²) in [6, 6.07) is 12.9. The summed E-state index contributed by atoms with van der Waals surface area (Å²) in [7, 11) is 1.57. The third kappa shape index (κ3) is 3.67. The molecular formula is C23H19N3O5S. The smallest absolute Gasteiger partial charge is 0.291 e. The number of para-hydroxylation sites is 2. The molecule has 5 rings (SSSR count). The van der Waals surface area contributed by atoms with E-state index in [0.29, 0.717) is 44.9 Å². The van der Waals surface area contributed by atoms with Gasteiger partial charge in [0, 0.05) is 0 Å². The average Bonchev–Trinajstić information content (AvgIpc) is 3.37. The molecule has 0 saturated carbocycles. The van der Waals surface area contributed by atoms with Crippen LogP contribution in [0.1, 0.15) is 17.5 Å². The van der Waals surface area contributed by atoms with Gasteiger partial charge in [-0.1, -0.05) is 42.2 Å². The van der Waals surface area contributed by atoms with E-state index in [4.69, 9.17) is 18.9 Å². The number of aromatic nitrogens is 3. The van der Waals surface area contributed by atoms with E-state index in [-0.39, 0.29) is 12.2 Å². The monoisotopic (exact) mass is 449 g/mol. The van der Waals surface area contributed by atoms with Gasteiger partial charge in [0.25, 0.3) is 5.56 Å². The first-order valence-electron chi connectivity index (χ1n) is 9.87. The van der Waals surface area contributed by atoms with Crippen molar-refractivity contribution in [3.63, 3.8) is 0 Å². The first kappa shape index (κ1) is 20.1. The number of hydrogen-bond donors (Lipinski definition) is 0. The van der Waals surface area contributed by atoms with Crippen molar-refractivity contribution in [2.75, 3.05) is 20.3 Å². The molecule has 0 unspecified atom stereocenters. The van der Waals surface area contributed by atoms with Gasteiger partial charge in [-0.3, -0.25) is 4.79 Å². The van der Waals surface area contributed by atoms with Crippen molar-refractivity contribution >= 4 is 22.4 Å². The number of benzene rings is 2. The third-order valence-corrected chi connectivity index (χ3v) is 5.80. The van der Waals surface area contributed by atoms with E-state index in [9.17, 15) is 4.79 Å². The number of fused-ring (bicyclic) bond motifs is 2. The van der Waals surface area contributed by atoms with Crippen molar-refractivity contribution in [3.05, 3.63) is 81.4 Å². The molecule has 3 heterocycles. The van der Waals surface area contributed by atoms with Crippen molar-refractivity contribution in [2.45, 2.75) is 6.10 Å². The normalized spacial score (nSPS) is 15.7. The second-order valence-electron chi connectivity index (χ2n) is 6.95. The molecule has 4 aromatic rings. The number of hydrogen-bond acceptors (Lipinski definition) is 8. The van der Waals surface area contributed by atoms with Gasteiger partial charge in [-0.15, -0.1) is 5.10 Å². The summed E-state index contributed by atoms with van der Waals surface area (Å²) in [6.45, 7) is 4.30. The molecule has 0 amide bonds. The minimum atomic E-state index is -0.476. The molecule has 2 aromatic heterocycles. The predicted octanol–water partition coefficient (Wildman–Crippen LogP) is 2.78. The minimum absolute atomic E-state index is 0.244. The zero-order valence-electron chi connectivity index (χ0n) is 17.2. The maximum Gasteiger partial charge on any atom is 0.291 e. The van der Waals surface area contributed by atoms with Crippen LogP contribution in [0.5, 0.6) is 23.0 Å². The molecule has 9 heteroatoms. The summed E-state index contributed by atoms with van der Waals surface area (Å²) >= 11 is 1.26. The minimum Gasteiger partial charge on any atom is -0.493 e. The van der Waals surface area contributed by atoms with Crippen LogP contribution in [0.15, 0.2) is 59.9 Å². The van der Waals surface area contributed by atoms with E-state index in [1.807, 2.05) is 36.4 Å². The zero-order chi connectivity index (χ0) is 22.1. The zero-order valence-corrected chi connectivity index (χ0v) is 18.0. The Labute approximate surface area is 186 Å². The lowest BCUT2D eigenvalue weighted by atomic mass is 10.2. The molecule has 0 fully saturated rings. The van der Waals surface area contributed by atoms with Crippen LogP contribution in [0.2, 0.25) is 0 Å². The molecule has 32 heavy (non-hydrogen) atoms. The summed E-state index contributed by atoms with van der Waals surface area (Å²) < 4.78 is 24.5. The number of rotatable bonds is 6. The van der Waals surface area contributed by atoms with Gasteiger partial charge in [0.15, 0.2) is 34.9 Å². The first-order valence-corrected chi connectivity index (χ1v) is 10.7. The Hall–Kier alpha value is -3.85. The van der Waals surface area contributed by atoms with Gasteiger partial charge < -0.3 is 18.9 Å². The van der Waals surface area contributed by atoms with E-state index in [2.05, 4.69) is 16.7 Å². The standard InChI is InChI=1S/C23H19N3O5S/c1-3-10-29-16-9-8-14(11-18(16)28-2)12-20-22(27)26-23(32-20)24-21(25-26)19-13-30-15-6-4-5-7-17(15)31-19/h3-9,11-12,19H,1,10,13H2,2H3/b20-12-/t19-/m0/s1. The highest BCUT2D eigenvalue weighted by molar-refractivity contribution is 7.15. The number of nitrogens with zero attached hydrogens (tertiary/aromatic N) is 3.